The average Bonchev–Trinajstić information content (AvgIpc) is 2.34. The van der Waals surface area contributed by atoms with Gasteiger partial charge in [-0.2, -0.15) is 0 Å². The molecule has 1 N–H and O–H groups in total. The third-order valence-electron chi connectivity index (χ3n) is 2.89. The predicted molar refractivity (Wildman–Crippen MR) is 74.9 cm³/mol. The molecule has 1 aromatic rings. The lowest BCUT2D eigenvalue weighted by Crippen LogP contribution is -2.31. The Labute approximate surface area is 109 Å². The summed E-state index contributed by atoms with van der Waals surface area (Å²) in [7, 11) is 0. The number of rotatable bonds is 4. The molecule has 0 saturated carbocycles. The molecule has 1 aromatic carbocycles. The predicted octanol–water partition coefficient (Wildman–Crippen LogP) is 3.41. The Bertz CT molecular complexity index is 464. The first-order valence-corrected chi connectivity index (χ1v) is 6.29. The second-order valence-electron chi connectivity index (χ2n) is 4.32. The largest absolute Gasteiger partial charge is 0.508 e. The number of amides is 1. The van der Waals surface area contributed by atoms with Crippen molar-refractivity contribution in [2.24, 2.45) is 0 Å². The lowest BCUT2D eigenvalue weighted by Gasteiger charge is -2.23. The van der Waals surface area contributed by atoms with E-state index in [4.69, 9.17) is 0 Å². The molecule has 18 heavy (non-hydrogen) atoms. The number of anilines is 1. The van der Waals surface area contributed by atoms with Gasteiger partial charge in [0, 0.05) is 18.2 Å². The first-order chi connectivity index (χ1) is 8.51. The van der Waals surface area contributed by atoms with Crippen molar-refractivity contribution in [1.29, 1.82) is 0 Å². The number of likely N-dealkylation sites (N-methyl/N-ethyl adjacent to an activating group) is 1. The van der Waals surface area contributed by atoms with Crippen LogP contribution in [0.15, 0.2) is 29.8 Å². The summed E-state index contributed by atoms with van der Waals surface area (Å²) in [6.45, 7) is 8.28. The number of hydrogen-bond donors (Lipinski definition) is 1. The highest BCUT2D eigenvalue weighted by atomic mass is 16.3. The minimum Gasteiger partial charge on any atom is -0.508 e. The van der Waals surface area contributed by atoms with Crippen LogP contribution in [0.1, 0.15) is 32.8 Å². The Morgan fingerprint density at radius 2 is 2.06 bits per heavy atom. The number of nitrogens with zero attached hydrogens (tertiary/aromatic N) is 1. The van der Waals surface area contributed by atoms with Crippen LogP contribution in [0, 0.1) is 6.92 Å². The van der Waals surface area contributed by atoms with Gasteiger partial charge in [-0.05, 0) is 38.8 Å². The van der Waals surface area contributed by atoms with Gasteiger partial charge in [0.15, 0.2) is 0 Å². The van der Waals surface area contributed by atoms with Crippen molar-refractivity contribution in [3.8, 4) is 5.75 Å². The van der Waals surface area contributed by atoms with Gasteiger partial charge in [0.05, 0.1) is 5.69 Å². The zero-order valence-electron chi connectivity index (χ0n) is 11.5. The van der Waals surface area contributed by atoms with Gasteiger partial charge < -0.3 is 10.0 Å². The summed E-state index contributed by atoms with van der Waals surface area (Å²) < 4.78 is 0. The van der Waals surface area contributed by atoms with Crippen LogP contribution in [0.2, 0.25) is 0 Å². The molecule has 0 heterocycles. The number of carbonyl (C=O) groups is 1. The molecule has 0 aliphatic carbocycles. The molecule has 3 heteroatoms. The monoisotopic (exact) mass is 247 g/mol. The van der Waals surface area contributed by atoms with E-state index >= 15 is 0 Å². The molecule has 0 radical (unpaired) electrons. The minimum absolute atomic E-state index is 0.00644. The SMILES string of the molecule is CC/C=C(\C)C(=O)N(CC)c1cc(O)ccc1C. The van der Waals surface area contributed by atoms with Crippen molar-refractivity contribution in [3.63, 3.8) is 0 Å². The van der Waals surface area contributed by atoms with E-state index in [-0.39, 0.29) is 11.7 Å². The maximum atomic E-state index is 12.3. The van der Waals surface area contributed by atoms with Crippen LogP contribution in [0.5, 0.6) is 5.75 Å². The Kier molecular flexibility index (Phi) is 4.95. The van der Waals surface area contributed by atoms with Crippen molar-refractivity contribution in [2.45, 2.75) is 34.1 Å². The average molecular weight is 247 g/mol. The third-order valence-corrected chi connectivity index (χ3v) is 2.89. The van der Waals surface area contributed by atoms with E-state index in [1.807, 2.05) is 39.8 Å². The molecule has 0 unspecified atom stereocenters. The zero-order chi connectivity index (χ0) is 13.7. The second kappa shape index (κ2) is 6.24. The summed E-state index contributed by atoms with van der Waals surface area (Å²) in [6, 6.07) is 5.08. The van der Waals surface area contributed by atoms with Gasteiger partial charge in [0.1, 0.15) is 5.75 Å². The van der Waals surface area contributed by atoms with E-state index in [0.29, 0.717) is 6.54 Å². The van der Waals surface area contributed by atoms with Gasteiger partial charge in [0.2, 0.25) is 0 Å². The Morgan fingerprint density at radius 1 is 1.39 bits per heavy atom. The number of benzene rings is 1. The highest BCUT2D eigenvalue weighted by molar-refractivity contribution is 6.05. The van der Waals surface area contributed by atoms with Gasteiger partial charge in [0.25, 0.3) is 5.91 Å². The summed E-state index contributed by atoms with van der Waals surface area (Å²) in [4.78, 5) is 14.0. The number of allylic oxidation sites excluding steroid dienone is 1. The van der Waals surface area contributed by atoms with Crippen LogP contribution in [0.3, 0.4) is 0 Å². The fourth-order valence-electron chi connectivity index (χ4n) is 1.92. The lowest BCUT2D eigenvalue weighted by atomic mass is 10.1. The molecule has 0 atom stereocenters. The molecule has 98 valence electrons. The van der Waals surface area contributed by atoms with E-state index in [0.717, 1.165) is 23.2 Å². The topological polar surface area (TPSA) is 40.5 Å². The maximum absolute atomic E-state index is 12.3. The second-order valence-corrected chi connectivity index (χ2v) is 4.32. The third kappa shape index (κ3) is 3.13. The summed E-state index contributed by atoms with van der Waals surface area (Å²) in [5.74, 6) is 0.173. The number of phenols is 1. The smallest absolute Gasteiger partial charge is 0.253 e. The molecule has 0 aliphatic heterocycles. The maximum Gasteiger partial charge on any atom is 0.253 e. The van der Waals surface area contributed by atoms with E-state index in [1.165, 1.54) is 0 Å². The van der Waals surface area contributed by atoms with Crippen LogP contribution in [0.25, 0.3) is 0 Å². The van der Waals surface area contributed by atoms with Crippen molar-refractivity contribution < 1.29 is 9.90 Å². The van der Waals surface area contributed by atoms with Crippen molar-refractivity contribution in [1.82, 2.24) is 0 Å². The number of carbonyl (C=O) groups excluding carboxylic acids is 1. The highest BCUT2D eigenvalue weighted by Gasteiger charge is 2.17. The summed E-state index contributed by atoms with van der Waals surface area (Å²) in [5.41, 5.74) is 2.49. The fraction of sp³-hybridized carbons (Fsp3) is 0.400. The summed E-state index contributed by atoms with van der Waals surface area (Å²) in [5, 5.41) is 9.55. The summed E-state index contributed by atoms with van der Waals surface area (Å²) >= 11 is 0. The van der Waals surface area contributed by atoms with Crippen LogP contribution in [-0.4, -0.2) is 17.6 Å². The minimum atomic E-state index is -0.00644. The van der Waals surface area contributed by atoms with Crippen molar-refractivity contribution >= 4 is 11.6 Å². The van der Waals surface area contributed by atoms with E-state index in [1.54, 1.807) is 17.0 Å². The molecule has 1 amide bonds. The molecule has 0 aliphatic rings. The van der Waals surface area contributed by atoms with Crippen molar-refractivity contribution in [3.05, 3.63) is 35.4 Å². The molecule has 0 aromatic heterocycles. The Morgan fingerprint density at radius 3 is 2.61 bits per heavy atom. The number of aromatic hydroxyl groups is 1. The van der Waals surface area contributed by atoms with Crippen molar-refractivity contribution in [2.75, 3.05) is 11.4 Å². The van der Waals surface area contributed by atoms with Crippen LogP contribution in [-0.2, 0) is 4.79 Å². The molecule has 1 rings (SSSR count). The quantitative estimate of drug-likeness (QED) is 0.828. The van der Waals surface area contributed by atoms with Gasteiger partial charge in [-0.1, -0.05) is 19.1 Å². The fourth-order valence-corrected chi connectivity index (χ4v) is 1.92. The van der Waals surface area contributed by atoms with Crippen LogP contribution < -0.4 is 4.90 Å². The van der Waals surface area contributed by atoms with E-state index < -0.39 is 0 Å². The first kappa shape index (κ1) is 14.3. The standard InChI is InChI=1S/C15H21NO2/c1-5-7-12(4)15(18)16(6-2)14-10-13(17)9-8-11(14)3/h7-10,17H,5-6H2,1-4H3/b12-7+. The normalized spacial score (nSPS) is 11.4. The lowest BCUT2D eigenvalue weighted by molar-refractivity contribution is -0.115. The molecule has 3 nitrogen and oxygen atoms in total. The molecular weight excluding hydrogens is 226 g/mol. The first-order valence-electron chi connectivity index (χ1n) is 6.29. The van der Waals surface area contributed by atoms with Gasteiger partial charge in [-0.3, -0.25) is 4.79 Å². The molecule has 0 fully saturated rings. The van der Waals surface area contributed by atoms with E-state index in [2.05, 4.69) is 0 Å². The highest BCUT2D eigenvalue weighted by Crippen LogP contribution is 2.26. The molecular formula is C15H21NO2. The number of phenolic OH excluding ortho intramolecular Hbond substituents is 1. The molecule has 0 spiro atoms. The van der Waals surface area contributed by atoms with E-state index in [9.17, 15) is 9.90 Å². The number of aryl methyl sites for hydroxylation is 1. The Hall–Kier alpha value is -1.77. The molecule has 0 bridgehead atoms. The van der Waals surface area contributed by atoms with Gasteiger partial charge in [-0.25, -0.2) is 0 Å². The van der Waals surface area contributed by atoms with Gasteiger partial charge in [-0.15, -0.1) is 0 Å². The number of hydrogen-bond acceptors (Lipinski definition) is 2. The summed E-state index contributed by atoms with van der Waals surface area (Å²) in [6.07, 6.45) is 2.76. The Balaban J connectivity index is 3.14. The zero-order valence-corrected chi connectivity index (χ0v) is 11.5. The van der Waals surface area contributed by atoms with Crippen LogP contribution >= 0.6 is 0 Å². The van der Waals surface area contributed by atoms with Crippen LogP contribution in [0.4, 0.5) is 5.69 Å². The molecule has 0 saturated heterocycles. The van der Waals surface area contributed by atoms with Gasteiger partial charge >= 0.3 is 0 Å².